The van der Waals surface area contributed by atoms with E-state index in [9.17, 15) is 9.18 Å². The van der Waals surface area contributed by atoms with E-state index in [1.165, 1.54) is 23.5 Å². The second-order valence-electron chi connectivity index (χ2n) is 4.23. The topological polar surface area (TPSA) is 42.0 Å². The van der Waals surface area contributed by atoms with Crippen LogP contribution in [0.4, 0.5) is 9.52 Å². The van der Waals surface area contributed by atoms with Gasteiger partial charge in [0, 0.05) is 0 Å². The number of anilines is 1. The van der Waals surface area contributed by atoms with Crippen molar-refractivity contribution in [2.24, 2.45) is 0 Å². The van der Waals surface area contributed by atoms with E-state index >= 15 is 0 Å². The molecule has 0 fully saturated rings. The monoisotopic (exact) mass is 344 g/mol. The molecule has 1 atom stereocenters. The number of carbonyl (C=O) groups is 1. The highest BCUT2D eigenvalue weighted by atomic mass is 79.9. The summed E-state index contributed by atoms with van der Waals surface area (Å²) in [6.45, 7) is 2.08. The van der Waals surface area contributed by atoms with Crippen molar-refractivity contribution in [3.8, 4) is 0 Å². The molecule has 0 spiro atoms. The number of thiazole rings is 1. The third-order valence-electron chi connectivity index (χ3n) is 2.68. The fourth-order valence-electron chi connectivity index (χ4n) is 1.65. The fourth-order valence-corrected chi connectivity index (χ4v) is 2.98. The van der Waals surface area contributed by atoms with Crippen molar-refractivity contribution in [3.63, 3.8) is 0 Å². The molecule has 102 valence electrons. The lowest BCUT2D eigenvalue weighted by molar-refractivity contribution is -0.115. The fraction of sp³-hybridized carbons (Fsp3) is 0.385. The Bertz CT molecular complexity index is 587. The largest absolute Gasteiger partial charge is 0.301 e. The minimum absolute atomic E-state index is 0.104. The molecule has 2 rings (SSSR count). The second-order valence-corrected chi connectivity index (χ2v) is 6.37. The normalized spacial score (nSPS) is 12.6. The number of alkyl halides is 1. The molecule has 6 heteroatoms. The maximum atomic E-state index is 13.1. The Kier molecular flexibility index (Phi) is 4.87. The molecule has 2 aromatic rings. The van der Waals surface area contributed by atoms with Gasteiger partial charge in [0.25, 0.3) is 0 Å². The highest BCUT2D eigenvalue weighted by Crippen LogP contribution is 2.27. The van der Waals surface area contributed by atoms with Gasteiger partial charge in [-0.25, -0.2) is 9.37 Å². The van der Waals surface area contributed by atoms with Gasteiger partial charge in [-0.3, -0.25) is 4.79 Å². The Balaban J connectivity index is 2.06. The van der Waals surface area contributed by atoms with E-state index < -0.39 is 0 Å². The van der Waals surface area contributed by atoms with Crippen molar-refractivity contribution in [3.05, 3.63) is 24.0 Å². The molecular weight excluding hydrogens is 331 g/mol. The molecule has 0 radical (unpaired) electrons. The van der Waals surface area contributed by atoms with E-state index in [1.54, 1.807) is 6.07 Å². The first-order valence-electron chi connectivity index (χ1n) is 6.11. The molecule has 1 aromatic heterocycles. The SMILES string of the molecule is CCCC[C@@H](Br)C(=O)Nc1nc2ccc(F)cc2s1. The molecule has 0 saturated carbocycles. The molecule has 3 nitrogen and oxygen atoms in total. The van der Waals surface area contributed by atoms with Gasteiger partial charge in [-0.05, 0) is 24.6 Å². The molecule has 0 aliphatic heterocycles. The summed E-state index contributed by atoms with van der Waals surface area (Å²) in [4.78, 5) is 15.9. The average Bonchev–Trinajstić information content (AvgIpc) is 2.77. The molecule has 1 heterocycles. The van der Waals surface area contributed by atoms with Crippen molar-refractivity contribution in [1.82, 2.24) is 4.98 Å². The molecule has 1 aromatic carbocycles. The summed E-state index contributed by atoms with van der Waals surface area (Å²) in [6.07, 6.45) is 2.84. The minimum Gasteiger partial charge on any atom is -0.301 e. The van der Waals surface area contributed by atoms with Crippen molar-refractivity contribution in [2.45, 2.75) is 31.0 Å². The Morgan fingerprint density at radius 3 is 3.11 bits per heavy atom. The minimum atomic E-state index is -0.296. The number of halogens is 2. The number of benzene rings is 1. The van der Waals surface area contributed by atoms with Gasteiger partial charge in [0.15, 0.2) is 5.13 Å². The van der Waals surface area contributed by atoms with E-state index in [4.69, 9.17) is 0 Å². The number of nitrogens with one attached hydrogen (secondary N) is 1. The van der Waals surface area contributed by atoms with Crippen LogP contribution in [0, 0.1) is 5.82 Å². The molecule has 1 amide bonds. The molecule has 19 heavy (non-hydrogen) atoms. The van der Waals surface area contributed by atoms with Crippen molar-refractivity contribution in [1.29, 1.82) is 0 Å². The number of unbranched alkanes of at least 4 members (excludes halogenated alkanes) is 1. The zero-order valence-corrected chi connectivity index (χ0v) is 12.9. The number of carbonyl (C=O) groups excluding carboxylic acids is 1. The Labute approximate surface area is 123 Å². The van der Waals surface area contributed by atoms with Gasteiger partial charge in [0.1, 0.15) is 5.82 Å². The molecule has 0 unspecified atom stereocenters. The van der Waals surface area contributed by atoms with E-state index in [1.807, 2.05) is 0 Å². The maximum Gasteiger partial charge on any atom is 0.239 e. The Hall–Kier alpha value is -1.01. The summed E-state index contributed by atoms with van der Waals surface area (Å²) in [5, 5.41) is 3.26. The lowest BCUT2D eigenvalue weighted by Gasteiger charge is -2.07. The summed E-state index contributed by atoms with van der Waals surface area (Å²) >= 11 is 4.64. The molecule has 1 N–H and O–H groups in total. The van der Waals surface area contributed by atoms with Gasteiger partial charge >= 0.3 is 0 Å². The first kappa shape index (κ1) is 14.4. The predicted molar refractivity (Wildman–Crippen MR) is 80.4 cm³/mol. The predicted octanol–water partition coefficient (Wildman–Crippen LogP) is 4.33. The van der Waals surface area contributed by atoms with Crippen LogP contribution in [-0.2, 0) is 4.79 Å². The molecule has 0 aliphatic rings. The van der Waals surface area contributed by atoms with Crippen LogP contribution in [0.3, 0.4) is 0 Å². The number of nitrogens with zero attached hydrogens (tertiary/aromatic N) is 1. The van der Waals surface area contributed by atoms with Crippen LogP contribution < -0.4 is 5.32 Å². The van der Waals surface area contributed by atoms with Crippen molar-refractivity contribution in [2.75, 3.05) is 5.32 Å². The van der Waals surface area contributed by atoms with Crippen LogP contribution in [0.15, 0.2) is 18.2 Å². The van der Waals surface area contributed by atoms with Gasteiger partial charge in [0.2, 0.25) is 5.91 Å². The number of rotatable bonds is 5. The van der Waals surface area contributed by atoms with Crippen molar-refractivity contribution >= 4 is 48.5 Å². The Morgan fingerprint density at radius 1 is 1.58 bits per heavy atom. The zero-order chi connectivity index (χ0) is 13.8. The third kappa shape index (κ3) is 3.73. The standard InChI is InChI=1S/C13H14BrFN2OS/c1-2-3-4-9(14)12(18)17-13-16-10-6-5-8(15)7-11(10)19-13/h5-7,9H,2-4H2,1H3,(H,16,17,18)/t9-/m1/s1. The number of amides is 1. The van der Waals surface area contributed by atoms with Gasteiger partial charge in [0.05, 0.1) is 15.0 Å². The summed E-state index contributed by atoms with van der Waals surface area (Å²) in [5.41, 5.74) is 0.696. The molecule has 0 bridgehead atoms. The maximum absolute atomic E-state index is 13.1. The van der Waals surface area contributed by atoms with Crippen LogP contribution in [0.5, 0.6) is 0 Å². The highest BCUT2D eigenvalue weighted by Gasteiger charge is 2.16. The highest BCUT2D eigenvalue weighted by molar-refractivity contribution is 9.10. The van der Waals surface area contributed by atoms with Gasteiger partial charge < -0.3 is 5.32 Å². The summed E-state index contributed by atoms with van der Waals surface area (Å²) in [6, 6.07) is 4.40. The number of hydrogen-bond donors (Lipinski definition) is 1. The van der Waals surface area contributed by atoms with Gasteiger partial charge in [-0.2, -0.15) is 0 Å². The third-order valence-corrected chi connectivity index (χ3v) is 4.48. The van der Waals surface area contributed by atoms with E-state index in [2.05, 4.69) is 33.2 Å². The van der Waals surface area contributed by atoms with Crippen LogP contribution in [-0.4, -0.2) is 15.7 Å². The summed E-state index contributed by atoms with van der Waals surface area (Å²) < 4.78 is 13.8. The van der Waals surface area contributed by atoms with Crippen LogP contribution >= 0.6 is 27.3 Å². The van der Waals surface area contributed by atoms with E-state index in [0.717, 1.165) is 24.0 Å². The van der Waals surface area contributed by atoms with Crippen LogP contribution in [0.25, 0.3) is 10.2 Å². The number of aromatic nitrogens is 1. The lowest BCUT2D eigenvalue weighted by Crippen LogP contribution is -2.22. The molecule has 0 aliphatic carbocycles. The average molecular weight is 345 g/mol. The smallest absolute Gasteiger partial charge is 0.239 e. The van der Waals surface area contributed by atoms with Crippen molar-refractivity contribution < 1.29 is 9.18 Å². The number of fused-ring (bicyclic) bond motifs is 1. The van der Waals surface area contributed by atoms with Gasteiger partial charge in [-0.15, -0.1) is 0 Å². The lowest BCUT2D eigenvalue weighted by atomic mass is 10.2. The zero-order valence-electron chi connectivity index (χ0n) is 10.5. The second kappa shape index (κ2) is 6.43. The first-order valence-corrected chi connectivity index (χ1v) is 7.84. The molecular formula is C13H14BrFN2OS. The Morgan fingerprint density at radius 2 is 2.37 bits per heavy atom. The first-order chi connectivity index (χ1) is 9.10. The van der Waals surface area contributed by atoms with Gasteiger partial charge in [-0.1, -0.05) is 47.0 Å². The summed E-state index contributed by atoms with van der Waals surface area (Å²) in [7, 11) is 0. The van der Waals surface area contributed by atoms with E-state index in [0.29, 0.717) is 10.6 Å². The molecule has 0 saturated heterocycles. The van der Waals surface area contributed by atoms with Crippen LogP contribution in [0.1, 0.15) is 26.2 Å². The quantitative estimate of drug-likeness (QED) is 0.820. The number of hydrogen-bond acceptors (Lipinski definition) is 3. The summed E-state index contributed by atoms with van der Waals surface area (Å²) in [5.74, 6) is -0.400. The van der Waals surface area contributed by atoms with Crippen LogP contribution in [0.2, 0.25) is 0 Å². The van der Waals surface area contributed by atoms with E-state index in [-0.39, 0.29) is 16.6 Å².